The van der Waals surface area contributed by atoms with E-state index in [-0.39, 0.29) is 17.0 Å². The van der Waals surface area contributed by atoms with Crippen LogP contribution in [0.5, 0.6) is 0 Å². The fourth-order valence-electron chi connectivity index (χ4n) is 1.94. The van der Waals surface area contributed by atoms with E-state index >= 15 is 0 Å². The third-order valence-electron chi connectivity index (χ3n) is 2.79. The molecule has 1 aliphatic heterocycles. The molecule has 1 rings (SSSR count). The lowest BCUT2D eigenvalue weighted by Crippen LogP contribution is -2.49. The molecule has 1 heterocycles. The standard InChI is InChI=1S/C10H18N2O2S/c1-2-3-6-9(12-11)10-7-4-5-8-15(10,13)14/h9-10,12H,4-8,11H2,1H3. The first-order chi connectivity index (χ1) is 7.11. The predicted molar refractivity (Wildman–Crippen MR) is 60.6 cm³/mol. The summed E-state index contributed by atoms with van der Waals surface area (Å²) < 4.78 is 23.6. The number of nitrogens with two attached hydrogens (primary N) is 1. The lowest BCUT2D eigenvalue weighted by atomic mass is 10.1. The van der Waals surface area contributed by atoms with Crippen LogP contribution in [-0.2, 0) is 9.84 Å². The highest BCUT2D eigenvalue weighted by Gasteiger charge is 2.34. The summed E-state index contributed by atoms with van der Waals surface area (Å²) in [7, 11) is -2.98. The van der Waals surface area contributed by atoms with Gasteiger partial charge in [-0.15, -0.1) is 11.8 Å². The molecule has 4 nitrogen and oxygen atoms in total. The fraction of sp³-hybridized carbons (Fsp3) is 0.800. The molecule has 3 N–H and O–H groups in total. The van der Waals surface area contributed by atoms with E-state index in [2.05, 4.69) is 17.3 Å². The Morgan fingerprint density at radius 2 is 2.27 bits per heavy atom. The second-order valence-electron chi connectivity index (χ2n) is 3.81. The van der Waals surface area contributed by atoms with Crippen molar-refractivity contribution in [2.24, 2.45) is 5.84 Å². The van der Waals surface area contributed by atoms with Crippen molar-refractivity contribution in [3.05, 3.63) is 0 Å². The van der Waals surface area contributed by atoms with Gasteiger partial charge in [0.1, 0.15) is 0 Å². The van der Waals surface area contributed by atoms with Crippen molar-refractivity contribution in [3.8, 4) is 11.8 Å². The van der Waals surface area contributed by atoms with E-state index in [4.69, 9.17) is 5.84 Å². The Labute approximate surface area is 91.5 Å². The van der Waals surface area contributed by atoms with Crippen LogP contribution in [0.4, 0.5) is 0 Å². The van der Waals surface area contributed by atoms with Crippen molar-refractivity contribution >= 4 is 9.84 Å². The minimum Gasteiger partial charge on any atom is -0.271 e. The second-order valence-corrected chi connectivity index (χ2v) is 6.14. The summed E-state index contributed by atoms with van der Waals surface area (Å²) in [6, 6.07) is -0.234. The van der Waals surface area contributed by atoms with Gasteiger partial charge in [-0.25, -0.2) is 8.42 Å². The Balaban J connectivity index is 2.76. The van der Waals surface area contributed by atoms with Crippen LogP contribution in [0.2, 0.25) is 0 Å². The molecular weight excluding hydrogens is 212 g/mol. The van der Waals surface area contributed by atoms with Crippen molar-refractivity contribution in [2.45, 2.75) is 43.9 Å². The summed E-state index contributed by atoms with van der Waals surface area (Å²) in [5.41, 5.74) is 2.58. The molecule has 0 amide bonds. The fourth-order valence-corrected chi connectivity index (χ4v) is 4.05. The molecule has 0 bridgehead atoms. The molecule has 0 aromatic carbocycles. The van der Waals surface area contributed by atoms with Crippen molar-refractivity contribution in [2.75, 3.05) is 5.75 Å². The SMILES string of the molecule is CC#CCC(NN)C1CCCCS1(=O)=O. The van der Waals surface area contributed by atoms with Gasteiger partial charge in [0, 0.05) is 12.5 Å². The lowest BCUT2D eigenvalue weighted by Gasteiger charge is -2.28. The van der Waals surface area contributed by atoms with Gasteiger partial charge in [0.25, 0.3) is 0 Å². The molecule has 5 heteroatoms. The summed E-state index contributed by atoms with van der Waals surface area (Å²) in [6.07, 6.45) is 2.93. The van der Waals surface area contributed by atoms with Gasteiger partial charge in [-0.2, -0.15) is 0 Å². The first-order valence-corrected chi connectivity index (χ1v) is 6.90. The Morgan fingerprint density at radius 3 is 2.80 bits per heavy atom. The molecule has 86 valence electrons. The van der Waals surface area contributed by atoms with Gasteiger partial charge in [-0.1, -0.05) is 6.42 Å². The van der Waals surface area contributed by atoms with Gasteiger partial charge in [0.2, 0.25) is 0 Å². The number of sulfone groups is 1. The summed E-state index contributed by atoms with van der Waals surface area (Å²) >= 11 is 0. The van der Waals surface area contributed by atoms with Crippen LogP contribution in [0.1, 0.15) is 32.6 Å². The van der Waals surface area contributed by atoms with E-state index < -0.39 is 9.84 Å². The largest absolute Gasteiger partial charge is 0.271 e. The summed E-state index contributed by atoms with van der Waals surface area (Å²) in [5.74, 6) is 11.3. The highest BCUT2D eigenvalue weighted by Crippen LogP contribution is 2.23. The van der Waals surface area contributed by atoms with Gasteiger partial charge in [0.15, 0.2) is 9.84 Å². The average Bonchev–Trinajstić information content (AvgIpc) is 2.20. The Bertz CT molecular complexity index is 353. The van der Waals surface area contributed by atoms with Crippen LogP contribution in [-0.4, -0.2) is 25.5 Å². The molecule has 1 fully saturated rings. The first kappa shape index (κ1) is 12.5. The van der Waals surface area contributed by atoms with Gasteiger partial charge < -0.3 is 0 Å². The molecule has 1 aliphatic rings. The lowest BCUT2D eigenvalue weighted by molar-refractivity contribution is 0.448. The predicted octanol–water partition coefficient (Wildman–Crippen LogP) is 0.199. The smallest absolute Gasteiger partial charge is 0.154 e. The molecule has 0 radical (unpaired) electrons. The summed E-state index contributed by atoms with van der Waals surface area (Å²) in [4.78, 5) is 0. The molecule has 0 saturated carbocycles. The van der Waals surface area contributed by atoms with Crippen LogP contribution in [0, 0.1) is 11.8 Å². The van der Waals surface area contributed by atoms with Crippen molar-refractivity contribution in [1.29, 1.82) is 0 Å². The number of nitrogens with one attached hydrogen (secondary N) is 1. The van der Waals surface area contributed by atoms with E-state index in [1.54, 1.807) is 6.92 Å². The molecule has 2 atom stereocenters. The Hall–Kier alpha value is -0.570. The molecule has 15 heavy (non-hydrogen) atoms. The van der Waals surface area contributed by atoms with Crippen molar-refractivity contribution in [1.82, 2.24) is 5.43 Å². The number of hydrogen-bond donors (Lipinski definition) is 2. The van der Waals surface area contributed by atoms with Crippen LogP contribution < -0.4 is 11.3 Å². The summed E-state index contributed by atoms with van der Waals surface area (Å²) in [5, 5.41) is -0.364. The first-order valence-electron chi connectivity index (χ1n) is 5.19. The van der Waals surface area contributed by atoms with E-state index in [0.717, 1.165) is 12.8 Å². The monoisotopic (exact) mass is 230 g/mol. The van der Waals surface area contributed by atoms with Gasteiger partial charge in [-0.05, 0) is 19.8 Å². The van der Waals surface area contributed by atoms with Gasteiger partial charge >= 0.3 is 0 Å². The maximum atomic E-state index is 11.8. The molecule has 0 aromatic heterocycles. The van der Waals surface area contributed by atoms with Gasteiger partial charge in [0.05, 0.1) is 11.0 Å². The molecule has 1 saturated heterocycles. The molecule has 2 unspecified atom stereocenters. The van der Waals surface area contributed by atoms with Crippen LogP contribution >= 0.6 is 0 Å². The minimum absolute atomic E-state index is 0.234. The second kappa shape index (κ2) is 5.50. The van der Waals surface area contributed by atoms with Crippen molar-refractivity contribution in [3.63, 3.8) is 0 Å². The maximum absolute atomic E-state index is 11.8. The molecular formula is C10H18N2O2S. The van der Waals surface area contributed by atoms with Crippen LogP contribution in [0.25, 0.3) is 0 Å². The van der Waals surface area contributed by atoms with Crippen LogP contribution in [0.15, 0.2) is 0 Å². The number of rotatable bonds is 3. The Kier molecular flexibility index (Phi) is 4.58. The minimum atomic E-state index is -2.98. The quantitative estimate of drug-likeness (QED) is 0.413. The van der Waals surface area contributed by atoms with E-state index in [1.807, 2.05) is 0 Å². The normalized spacial score (nSPS) is 26.4. The molecule has 0 aliphatic carbocycles. The van der Waals surface area contributed by atoms with Gasteiger partial charge in [-0.3, -0.25) is 11.3 Å². The maximum Gasteiger partial charge on any atom is 0.154 e. The average molecular weight is 230 g/mol. The Morgan fingerprint density at radius 1 is 1.53 bits per heavy atom. The third kappa shape index (κ3) is 3.20. The van der Waals surface area contributed by atoms with Crippen molar-refractivity contribution < 1.29 is 8.42 Å². The highest BCUT2D eigenvalue weighted by atomic mass is 32.2. The molecule has 0 spiro atoms. The highest BCUT2D eigenvalue weighted by molar-refractivity contribution is 7.92. The topological polar surface area (TPSA) is 72.2 Å². The molecule has 0 aromatic rings. The van der Waals surface area contributed by atoms with E-state index in [9.17, 15) is 8.42 Å². The zero-order chi connectivity index (χ0) is 11.3. The van der Waals surface area contributed by atoms with E-state index in [0.29, 0.717) is 12.8 Å². The zero-order valence-corrected chi connectivity index (χ0v) is 9.81. The number of hydrazine groups is 1. The summed E-state index contributed by atoms with van der Waals surface area (Å²) in [6.45, 7) is 1.74. The third-order valence-corrected chi connectivity index (χ3v) is 5.13. The van der Waals surface area contributed by atoms with E-state index in [1.165, 1.54) is 0 Å². The van der Waals surface area contributed by atoms with Crippen LogP contribution in [0.3, 0.4) is 0 Å². The number of hydrogen-bond acceptors (Lipinski definition) is 4. The zero-order valence-electron chi connectivity index (χ0n) is 8.99.